The van der Waals surface area contributed by atoms with Crippen LogP contribution in [0.3, 0.4) is 0 Å². The van der Waals surface area contributed by atoms with Crippen LogP contribution in [0.4, 0.5) is 9.59 Å². The molecule has 2 aromatic rings. The van der Waals surface area contributed by atoms with Gasteiger partial charge in [-0.05, 0) is 37.1 Å². The fourth-order valence-corrected chi connectivity index (χ4v) is 3.99. The normalized spacial score (nSPS) is 18.6. The molecule has 174 valence electrons. The number of carbonyl (C=O) groups is 2. The molecule has 9 heteroatoms. The summed E-state index contributed by atoms with van der Waals surface area (Å²) in [5.74, 6) is 1.21. The van der Waals surface area contributed by atoms with Gasteiger partial charge in [0.1, 0.15) is 6.61 Å². The predicted molar refractivity (Wildman–Crippen MR) is 123 cm³/mol. The average Bonchev–Trinajstić information content (AvgIpc) is 3.45. The van der Waals surface area contributed by atoms with Crippen molar-refractivity contribution in [2.75, 3.05) is 33.9 Å². The maximum absolute atomic E-state index is 13.1. The van der Waals surface area contributed by atoms with E-state index in [2.05, 4.69) is 10.4 Å². The van der Waals surface area contributed by atoms with E-state index < -0.39 is 0 Å². The Balaban J connectivity index is 1.54. The number of carbonyl (C=O) groups excluding carboxylic acids is 2. The molecule has 2 aliphatic heterocycles. The van der Waals surface area contributed by atoms with Crippen molar-refractivity contribution in [3.63, 3.8) is 0 Å². The zero-order valence-corrected chi connectivity index (χ0v) is 19.2. The zero-order chi connectivity index (χ0) is 23.5. The fourth-order valence-electron chi connectivity index (χ4n) is 3.99. The Kier molecular flexibility index (Phi) is 6.39. The van der Waals surface area contributed by atoms with E-state index in [9.17, 15) is 9.59 Å². The van der Waals surface area contributed by atoms with Crippen LogP contribution in [0.2, 0.25) is 0 Å². The molecular formula is C24H28N4O5. The molecule has 2 aliphatic rings. The summed E-state index contributed by atoms with van der Waals surface area (Å²) in [4.78, 5) is 27.0. The van der Waals surface area contributed by atoms with Crippen LogP contribution in [0.1, 0.15) is 29.7 Å². The quantitative estimate of drug-likeness (QED) is 0.726. The van der Waals surface area contributed by atoms with Gasteiger partial charge in [-0.15, -0.1) is 0 Å². The standard InChI is InChI=1S/C24H28N4O5/c1-15-5-7-17(8-6-15)22-19(27-11-12-33-24(27)30)14-28(26-22)23(29)25-16(2)18-9-10-20(31-3)21(13-18)32-4/h5-10,13,16,19H,11-12,14H2,1-4H3,(H,25,29)/t16-,19-/m1/s1. The highest BCUT2D eigenvalue weighted by Gasteiger charge is 2.40. The highest BCUT2D eigenvalue weighted by molar-refractivity contribution is 6.07. The van der Waals surface area contributed by atoms with E-state index >= 15 is 0 Å². The van der Waals surface area contributed by atoms with Crippen LogP contribution in [0.25, 0.3) is 0 Å². The number of cyclic esters (lactones) is 1. The summed E-state index contributed by atoms with van der Waals surface area (Å²) in [6, 6.07) is 12.4. The Bertz CT molecular complexity index is 1070. The molecule has 9 nitrogen and oxygen atoms in total. The molecule has 1 saturated heterocycles. The molecule has 2 atom stereocenters. The lowest BCUT2D eigenvalue weighted by Crippen LogP contribution is -2.46. The van der Waals surface area contributed by atoms with Crippen molar-refractivity contribution >= 4 is 17.8 Å². The minimum absolute atomic E-state index is 0.253. The van der Waals surface area contributed by atoms with Crippen LogP contribution in [-0.2, 0) is 4.74 Å². The van der Waals surface area contributed by atoms with Crippen LogP contribution in [0.5, 0.6) is 11.5 Å². The Morgan fingerprint density at radius 1 is 1.15 bits per heavy atom. The molecule has 33 heavy (non-hydrogen) atoms. The number of nitrogens with zero attached hydrogens (tertiary/aromatic N) is 3. The van der Waals surface area contributed by atoms with Crippen LogP contribution in [0, 0.1) is 6.92 Å². The minimum Gasteiger partial charge on any atom is -0.493 e. The maximum atomic E-state index is 13.1. The van der Waals surface area contributed by atoms with Gasteiger partial charge in [0.05, 0.1) is 45.1 Å². The van der Waals surface area contributed by atoms with Gasteiger partial charge in [-0.25, -0.2) is 14.6 Å². The molecule has 4 rings (SSSR count). The van der Waals surface area contributed by atoms with E-state index in [1.807, 2.05) is 50.2 Å². The third kappa shape index (κ3) is 4.57. The number of benzene rings is 2. The van der Waals surface area contributed by atoms with Gasteiger partial charge in [-0.3, -0.25) is 4.90 Å². The molecule has 0 spiro atoms. The number of aryl methyl sites for hydroxylation is 1. The third-order valence-corrected chi connectivity index (χ3v) is 5.89. The van der Waals surface area contributed by atoms with Crippen LogP contribution >= 0.6 is 0 Å². The Labute approximate surface area is 192 Å². The number of methoxy groups -OCH3 is 2. The minimum atomic E-state index is -0.388. The first-order chi connectivity index (χ1) is 15.9. The Hall–Kier alpha value is -3.75. The van der Waals surface area contributed by atoms with Crippen molar-refractivity contribution in [1.82, 2.24) is 15.2 Å². The smallest absolute Gasteiger partial charge is 0.410 e. The molecule has 1 fully saturated rings. The van der Waals surface area contributed by atoms with E-state index in [1.54, 1.807) is 25.2 Å². The lowest BCUT2D eigenvalue weighted by atomic mass is 10.0. The van der Waals surface area contributed by atoms with E-state index in [-0.39, 0.29) is 30.8 Å². The Morgan fingerprint density at radius 3 is 2.52 bits per heavy atom. The molecule has 2 aromatic carbocycles. The second kappa shape index (κ2) is 9.40. The van der Waals surface area contributed by atoms with Crippen molar-refractivity contribution in [3.05, 3.63) is 59.2 Å². The molecule has 0 unspecified atom stereocenters. The molecule has 0 aromatic heterocycles. The molecule has 0 radical (unpaired) electrons. The summed E-state index contributed by atoms with van der Waals surface area (Å²) in [6.45, 7) is 4.94. The van der Waals surface area contributed by atoms with Gasteiger partial charge in [0, 0.05) is 0 Å². The van der Waals surface area contributed by atoms with E-state index in [0.29, 0.717) is 30.4 Å². The van der Waals surface area contributed by atoms with Crippen molar-refractivity contribution in [2.24, 2.45) is 5.10 Å². The molecule has 1 N–H and O–H groups in total. The van der Waals surface area contributed by atoms with Crippen molar-refractivity contribution < 1.29 is 23.8 Å². The predicted octanol–water partition coefficient (Wildman–Crippen LogP) is 3.32. The number of hydrogen-bond acceptors (Lipinski definition) is 6. The molecular weight excluding hydrogens is 424 g/mol. The van der Waals surface area contributed by atoms with Crippen molar-refractivity contribution in [2.45, 2.75) is 25.9 Å². The number of ether oxygens (including phenoxy) is 3. The van der Waals surface area contributed by atoms with Crippen molar-refractivity contribution in [3.8, 4) is 11.5 Å². The summed E-state index contributed by atoms with van der Waals surface area (Å²) < 4.78 is 15.8. The highest BCUT2D eigenvalue weighted by atomic mass is 16.6. The lowest BCUT2D eigenvalue weighted by molar-refractivity contribution is 0.150. The Morgan fingerprint density at radius 2 is 1.88 bits per heavy atom. The van der Waals surface area contributed by atoms with Crippen LogP contribution in [0.15, 0.2) is 47.6 Å². The summed E-state index contributed by atoms with van der Waals surface area (Å²) in [5.41, 5.74) is 3.52. The summed E-state index contributed by atoms with van der Waals surface area (Å²) >= 11 is 0. The second-order valence-electron chi connectivity index (χ2n) is 8.04. The van der Waals surface area contributed by atoms with Gasteiger partial charge in [0.15, 0.2) is 11.5 Å². The van der Waals surface area contributed by atoms with E-state index in [1.165, 1.54) is 5.01 Å². The van der Waals surface area contributed by atoms with Gasteiger partial charge in [0.2, 0.25) is 0 Å². The number of amides is 3. The van der Waals surface area contributed by atoms with Crippen LogP contribution < -0.4 is 14.8 Å². The number of nitrogens with one attached hydrogen (secondary N) is 1. The number of rotatable bonds is 6. The topological polar surface area (TPSA) is 92.7 Å². The summed E-state index contributed by atoms with van der Waals surface area (Å²) in [6.07, 6.45) is -0.388. The third-order valence-electron chi connectivity index (χ3n) is 5.89. The first kappa shape index (κ1) is 22.4. The van der Waals surface area contributed by atoms with Crippen LogP contribution in [-0.4, -0.2) is 67.7 Å². The first-order valence-electron chi connectivity index (χ1n) is 10.8. The van der Waals surface area contributed by atoms with E-state index in [4.69, 9.17) is 14.2 Å². The monoisotopic (exact) mass is 452 g/mol. The number of hydrazone groups is 1. The summed E-state index contributed by atoms with van der Waals surface area (Å²) in [5, 5.41) is 8.96. The fraction of sp³-hybridized carbons (Fsp3) is 0.375. The highest BCUT2D eigenvalue weighted by Crippen LogP contribution is 2.30. The SMILES string of the molecule is COc1ccc([C@@H](C)NC(=O)N2C[C@@H](N3CCOC3=O)C(c3ccc(C)cc3)=N2)cc1OC. The molecule has 0 aliphatic carbocycles. The second-order valence-corrected chi connectivity index (χ2v) is 8.04. The number of hydrogen-bond donors (Lipinski definition) is 1. The molecule has 0 bridgehead atoms. The van der Waals surface area contributed by atoms with Gasteiger partial charge in [-0.1, -0.05) is 35.9 Å². The van der Waals surface area contributed by atoms with Gasteiger partial charge in [0.25, 0.3) is 0 Å². The van der Waals surface area contributed by atoms with Gasteiger partial charge < -0.3 is 19.5 Å². The lowest BCUT2D eigenvalue weighted by Gasteiger charge is -2.23. The van der Waals surface area contributed by atoms with Gasteiger partial charge >= 0.3 is 12.1 Å². The van der Waals surface area contributed by atoms with E-state index in [0.717, 1.165) is 16.7 Å². The average molecular weight is 453 g/mol. The number of urea groups is 1. The largest absolute Gasteiger partial charge is 0.493 e. The zero-order valence-electron chi connectivity index (χ0n) is 19.2. The van der Waals surface area contributed by atoms with Crippen molar-refractivity contribution in [1.29, 1.82) is 0 Å². The van der Waals surface area contributed by atoms with Gasteiger partial charge in [-0.2, -0.15) is 5.10 Å². The molecule has 2 heterocycles. The first-order valence-corrected chi connectivity index (χ1v) is 10.8. The molecule has 0 saturated carbocycles. The maximum Gasteiger partial charge on any atom is 0.410 e. The summed E-state index contributed by atoms with van der Waals surface area (Å²) in [7, 11) is 3.15. The molecule has 3 amide bonds.